The van der Waals surface area contributed by atoms with Gasteiger partial charge in [0.05, 0.1) is 29.7 Å². The highest BCUT2D eigenvalue weighted by Gasteiger charge is 2.33. The van der Waals surface area contributed by atoms with Gasteiger partial charge in [-0.25, -0.2) is 33.9 Å². The molecule has 0 spiro atoms. The number of amidine groups is 1. The van der Waals surface area contributed by atoms with E-state index in [0.29, 0.717) is 45.0 Å². The summed E-state index contributed by atoms with van der Waals surface area (Å²) in [5, 5.41) is 9.57. The third-order valence-corrected chi connectivity index (χ3v) is 7.94. The lowest BCUT2D eigenvalue weighted by atomic mass is 10.1. The molecule has 0 saturated carbocycles. The van der Waals surface area contributed by atoms with Gasteiger partial charge >= 0.3 is 0 Å². The first kappa shape index (κ1) is 28.4. The minimum absolute atomic E-state index is 0.127. The Morgan fingerprint density at radius 2 is 2.03 bits per heavy atom. The number of nitrogens with one attached hydrogen (secondary N) is 2. The van der Waals surface area contributed by atoms with E-state index in [1.54, 1.807) is 6.07 Å². The Labute approximate surface area is 203 Å². The highest BCUT2D eigenvalue weighted by molar-refractivity contribution is 7.90. The van der Waals surface area contributed by atoms with Gasteiger partial charge in [-0.05, 0) is 25.1 Å². The number of piperazine rings is 1. The highest BCUT2D eigenvalue weighted by atomic mass is 32.2. The number of sulfonamides is 1. The Hall–Kier alpha value is -1.85. The molecular weight excluding hydrogens is 482 g/mol. The summed E-state index contributed by atoms with van der Waals surface area (Å²) in [5.74, 6) is 5.18. The third kappa shape index (κ3) is 6.63. The number of nitrogens with zero attached hydrogens (tertiary/aromatic N) is 3. The molecule has 0 radical (unpaired) electrons. The Morgan fingerprint density at radius 3 is 2.68 bits per heavy atom. The van der Waals surface area contributed by atoms with E-state index in [1.807, 2.05) is 18.7 Å². The molecule has 10 N–H and O–H groups in total. The van der Waals surface area contributed by atoms with Gasteiger partial charge in [0.25, 0.3) is 0 Å². The molecule has 13 nitrogen and oxygen atoms in total. The van der Waals surface area contributed by atoms with Crippen molar-refractivity contribution in [1.82, 2.24) is 15.2 Å². The average Bonchev–Trinajstić information content (AvgIpc) is 2.84. The first-order valence-corrected chi connectivity index (χ1v) is 13.9. The predicted octanol–water partition coefficient (Wildman–Crippen LogP) is -2.07. The second-order valence-electron chi connectivity index (χ2n) is 7.46. The number of morpholine rings is 1. The molecule has 2 atom stereocenters. The normalized spacial score (nSPS) is 20.2. The zero-order valence-corrected chi connectivity index (χ0v) is 21.3. The second kappa shape index (κ2) is 13.3. The zero-order chi connectivity index (χ0) is 25.3. The predicted molar refractivity (Wildman–Crippen MR) is 134 cm³/mol. The molecular formula is C19H37N9O4S2. The molecule has 2 fully saturated rings. The van der Waals surface area contributed by atoms with Crippen LogP contribution in [0.3, 0.4) is 0 Å². The van der Waals surface area contributed by atoms with Gasteiger partial charge in [-0.1, -0.05) is 13.8 Å². The summed E-state index contributed by atoms with van der Waals surface area (Å²) in [6.45, 7) is 8.66. The molecule has 34 heavy (non-hydrogen) atoms. The summed E-state index contributed by atoms with van der Waals surface area (Å²) in [7, 11) is -6.22. The Balaban J connectivity index is 0.00000199. The number of benzene rings is 1. The van der Waals surface area contributed by atoms with Crippen LogP contribution in [0.4, 0.5) is 5.69 Å². The van der Waals surface area contributed by atoms with Crippen LogP contribution in [0.15, 0.2) is 27.0 Å². The fourth-order valence-electron chi connectivity index (χ4n) is 3.95. The van der Waals surface area contributed by atoms with Crippen molar-refractivity contribution >= 4 is 32.5 Å². The van der Waals surface area contributed by atoms with Gasteiger partial charge in [-0.3, -0.25) is 4.90 Å². The van der Waals surface area contributed by atoms with E-state index >= 15 is 0 Å². The molecule has 1 aromatic carbocycles. The number of hydrogen-bond donors (Lipinski definition) is 6. The van der Waals surface area contributed by atoms with Crippen LogP contribution in [0.2, 0.25) is 0 Å². The maximum absolute atomic E-state index is 12.9. The number of fused-ring (bicyclic) bond motifs is 1. The van der Waals surface area contributed by atoms with E-state index in [1.165, 1.54) is 6.07 Å². The van der Waals surface area contributed by atoms with E-state index in [9.17, 15) is 12.6 Å². The second-order valence-corrected chi connectivity index (χ2v) is 10.2. The molecule has 0 amide bonds. The Morgan fingerprint density at radius 1 is 1.29 bits per heavy atom. The molecule has 2 heterocycles. The maximum atomic E-state index is 12.9. The first-order chi connectivity index (χ1) is 16.3. The lowest BCUT2D eigenvalue weighted by Crippen LogP contribution is -2.58. The average molecular weight is 520 g/mol. The van der Waals surface area contributed by atoms with Crippen LogP contribution in [-0.2, 0) is 25.7 Å². The Bertz CT molecular complexity index is 975. The lowest BCUT2D eigenvalue weighted by Gasteiger charge is -2.45. The molecule has 15 heteroatoms. The van der Waals surface area contributed by atoms with E-state index in [2.05, 4.69) is 20.3 Å². The van der Waals surface area contributed by atoms with Gasteiger partial charge < -0.3 is 21.1 Å². The van der Waals surface area contributed by atoms with Gasteiger partial charge in [0, 0.05) is 38.4 Å². The van der Waals surface area contributed by atoms with Crippen LogP contribution in [0.5, 0.6) is 0 Å². The van der Waals surface area contributed by atoms with Gasteiger partial charge in [-0.2, -0.15) is 0 Å². The standard InChI is InChI=1S/C17H31N9O4S2.C2H6/c18-4-1-5-22-32(28,29)14-3-2-13(15(16(14)31(21)27)17(19)23-24-20)26-7-6-25-8-9-30-11-12(25)10-26;1-2/h2-3,12,22,24H,1,4-11,18,20-21H2,(H2,19,23);1-2H3. The maximum Gasteiger partial charge on any atom is 0.241 e. The van der Waals surface area contributed by atoms with Crippen LogP contribution < -0.4 is 37.6 Å². The summed E-state index contributed by atoms with van der Waals surface area (Å²) < 4.78 is 46.5. The molecule has 194 valence electrons. The fourth-order valence-corrected chi connectivity index (χ4v) is 6.37. The van der Waals surface area contributed by atoms with Crippen molar-refractivity contribution in [3.05, 3.63) is 17.7 Å². The van der Waals surface area contributed by atoms with Crippen LogP contribution in [-0.4, -0.2) is 81.9 Å². The smallest absolute Gasteiger partial charge is 0.241 e. The molecule has 3 rings (SSSR count). The van der Waals surface area contributed by atoms with Crippen molar-refractivity contribution in [1.29, 1.82) is 0 Å². The number of ether oxygens (including phenoxy) is 1. The number of hydrogen-bond acceptors (Lipinski definition) is 10. The minimum atomic E-state index is -4.03. The van der Waals surface area contributed by atoms with Crippen LogP contribution >= 0.6 is 0 Å². The van der Waals surface area contributed by atoms with Crippen molar-refractivity contribution in [3.8, 4) is 0 Å². The first-order valence-electron chi connectivity index (χ1n) is 11.2. The van der Waals surface area contributed by atoms with Gasteiger partial charge in [0.1, 0.15) is 15.9 Å². The lowest BCUT2D eigenvalue weighted by molar-refractivity contribution is -0.0117. The molecule has 2 aliphatic rings. The van der Waals surface area contributed by atoms with Crippen molar-refractivity contribution < 1.29 is 17.4 Å². The van der Waals surface area contributed by atoms with Crippen molar-refractivity contribution in [2.75, 3.05) is 57.4 Å². The van der Waals surface area contributed by atoms with Crippen molar-refractivity contribution in [2.45, 2.75) is 36.1 Å². The molecule has 0 bridgehead atoms. The third-order valence-electron chi connectivity index (χ3n) is 5.48. The summed E-state index contributed by atoms with van der Waals surface area (Å²) in [5.41, 5.74) is 14.4. The molecule has 2 saturated heterocycles. The van der Waals surface area contributed by atoms with E-state index in [0.717, 1.165) is 13.1 Å². The fraction of sp³-hybridized carbons (Fsp3) is 0.632. The van der Waals surface area contributed by atoms with E-state index in [-0.39, 0.29) is 33.8 Å². The minimum Gasteiger partial charge on any atom is -0.382 e. The van der Waals surface area contributed by atoms with E-state index < -0.39 is 21.0 Å². The SMILES string of the molecule is CC.NCCCNS(=O)(=O)c1ccc(N2CCN3CCOCC3C2)c(/C(N)=N/NN)c1S(N)=O. The van der Waals surface area contributed by atoms with Crippen LogP contribution in [0.25, 0.3) is 0 Å². The zero-order valence-electron chi connectivity index (χ0n) is 19.7. The Kier molecular flexibility index (Phi) is 11.1. The molecule has 0 aliphatic carbocycles. The van der Waals surface area contributed by atoms with Crippen molar-refractivity contribution in [3.63, 3.8) is 0 Å². The monoisotopic (exact) mass is 519 g/mol. The summed E-state index contributed by atoms with van der Waals surface area (Å²) in [4.78, 5) is 4.02. The highest BCUT2D eigenvalue weighted by Crippen LogP contribution is 2.32. The summed E-state index contributed by atoms with van der Waals surface area (Å²) in [6, 6.07) is 3.18. The largest absolute Gasteiger partial charge is 0.382 e. The molecule has 2 aliphatic heterocycles. The van der Waals surface area contributed by atoms with Crippen LogP contribution in [0, 0.1) is 0 Å². The van der Waals surface area contributed by atoms with Gasteiger partial charge in [0.2, 0.25) is 10.0 Å². The summed E-state index contributed by atoms with van der Waals surface area (Å²) in [6.07, 6.45) is 0.444. The molecule has 2 unspecified atom stereocenters. The number of hydrazone groups is 1. The van der Waals surface area contributed by atoms with Crippen molar-refractivity contribution in [2.24, 2.45) is 27.6 Å². The van der Waals surface area contributed by atoms with Crippen LogP contribution in [0.1, 0.15) is 25.8 Å². The number of nitrogens with two attached hydrogens (primary N) is 4. The summed E-state index contributed by atoms with van der Waals surface area (Å²) >= 11 is 0. The van der Waals surface area contributed by atoms with Gasteiger partial charge in [0.15, 0.2) is 5.84 Å². The quantitative estimate of drug-likeness (QED) is 0.0690. The molecule has 0 aromatic heterocycles. The van der Waals surface area contributed by atoms with E-state index in [4.69, 9.17) is 27.2 Å². The number of anilines is 1. The topological polar surface area (TPSA) is 207 Å². The molecule has 1 aromatic rings. The number of rotatable bonds is 9. The number of hydrazine groups is 1. The van der Waals surface area contributed by atoms with Gasteiger partial charge in [-0.15, -0.1) is 5.10 Å².